The molecule has 0 aromatic heterocycles. The molecule has 0 aliphatic carbocycles. The summed E-state index contributed by atoms with van der Waals surface area (Å²) in [6.07, 6.45) is 0. The maximum absolute atomic E-state index is 10.8. The van der Waals surface area contributed by atoms with Gasteiger partial charge in [0.05, 0.1) is 29.7 Å². The Morgan fingerprint density at radius 3 is 1.45 bits per heavy atom. The number of benzene rings is 3. The minimum absolute atomic E-state index is 0.764. The second kappa shape index (κ2) is 7.90. The first-order chi connectivity index (χ1) is 13.6. The Labute approximate surface area is 173 Å². The molecule has 0 fully saturated rings. The Balaban J connectivity index is 2.31. The number of rotatable bonds is 6. The lowest BCUT2D eigenvalue weighted by molar-refractivity contribution is 0.0790. The van der Waals surface area contributed by atoms with Gasteiger partial charge in [0, 0.05) is 16.8 Å². The quantitative estimate of drug-likeness (QED) is 0.573. The maximum Gasteiger partial charge on any atom is 0.119 e. The highest BCUT2D eigenvalue weighted by Gasteiger charge is 2.28. The van der Waals surface area contributed by atoms with Crippen LogP contribution in [0.4, 0.5) is 17.1 Å². The molecule has 0 saturated carbocycles. The van der Waals surface area contributed by atoms with E-state index in [0.29, 0.717) is 0 Å². The van der Waals surface area contributed by atoms with Crippen LogP contribution in [-0.2, 0) is 11.2 Å². The molecule has 0 unspecified atom stereocenters. The van der Waals surface area contributed by atoms with E-state index in [0.717, 1.165) is 33.9 Å². The van der Waals surface area contributed by atoms with Gasteiger partial charge in [-0.15, -0.1) is 0 Å². The van der Waals surface area contributed by atoms with Crippen LogP contribution < -0.4 is 9.64 Å². The zero-order valence-corrected chi connectivity index (χ0v) is 17.7. The van der Waals surface area contributed by atoms with E-state index in [9.17, 15) is 10.2 Å². The molecule has 4 heteroatoms. The van der Waals surface area contributed by atoms with Gasteiger partial charge in [0.25, 0.3) is 0 Å². The van der Waals surface area contributed by atoms with Crippen molar-refractivity contribution >= 4 is 17.1 Å². The minimum Gasteiger partial charge on any atom is -0.497 e. The average molecular weight is 392 g/mol. The van der Waals surface area contributed by atoms with E-state index in [-0.39, 0.29) is 0 Å². The van der Waals surface area contributed by atoms with E-state index in [1.165, 1.54) is 0 Å². The Bertz CT molecular complexity index is 909. The molecule has 4 nitrogen and oxygen atoms in total. The van der Waals surface area contributed by atoms with E-state index in [1.807, 2.05) is 72.8 Å². The predicted octanol–water partition coefficient (Wildman–Crippen LogP) is 5.62. The van der Waals surface area contributed by atoms with Crippen LogP contribution in [0, 0.1) is 0 Å². The number of anilines is 3. The largest absolute Gasteiger partial charge is 0.497 e. The van der Waals surface area contributed by atoms with Crippen molar-refractivity contribution in [3.05, 3.63) is 83.9 Å². The van der Waals surface area contributed by atoms with Crippen LogP contribution in [0.2, 0.25) is 0 Å². The number of hydrogen-bond acceptors (Lipinski definition) is 4. The summed E-state index contributed by atoms with van der Waals surface area (Å²) in [6.45, 7) is 7.11. The number of ether oxygens (including phenoxy) is 1. The number of methoxy groups -OCH3 is 1. The van der Waals surface area contributed by atoms with Crippen molar-refractivity contribution < 1.29 is 14.9 Å². The summed E-state index contributed by atoms with van der Waals surface area (Å²) >= 11 is 0. The minimum atomic E-state index is -1.04. The third kappa shape index (κ3) is 4.44. The first-order valence-electron chi connectivity index (χ1n) is 9.71. The van der Waals surface area contributed by atoms with E-state index < -0.39 is 11.2 Å². The molecule has 3 rings (SSSR count). The molecule has 0 bridgehead atoms. The molecule has 0 radical (unpaired) electrons. The molecule has 0 saturated heterocycles. The predicted molar refractivity (Wildman–Crippen MR) is 118 cm³/mol. The van der Waals surface area contributed by atoms with Gasteiger partial charge in [0.1, 0.15) is 5.75 Å². The molecule has 0 amide bonds. The second-order valence-electron chi connectivity index (χ2n) is 8.19. The van der Waals surface area contributed by atoms with Crippen LogP contribution in [0.1, 0.15) is 38.8 Å². The van der Waals surface area contributed by atoms with Crippen molar-refractivity contribution in [3.63, 3.8) is 0 Å². The molecule has 0 spiro atoms. The highest BCUT2D eigenvalue weighted by Crippen LogP contribution is 2.43. The fourth-order valence-electron chi connectivity index (χ4n) is 3.51. The Morgan fingerprint density at radius 1 is 0.655 bits per heavy atom. The summed E-state index contributed by atoms with van der Waals surface area (Å²) in [7, 11) is 1.64. The smallest absolute Gasteiger partial charge is 0.119 e. The van der Waals surface area contributed by atoms with Gasteiger partial charge in [-0.1, -0.05) is 36.4 Å². The first kappa shape index (κ1) is 20.9. The topological polar surface area (TPSA) is 52.9 Å². The van der Waals surface area contributed by atoms with Gasteiger partial charge in [0.2, 0.25) is 0 Å². The molecule has 3 aromatic rings. The SMILES string of the molecule is COc1ccc(N(c2ccccc2C(C)(C)O)c2ccccc2C(C)(C)O)cc1. The molecule has 152 valence electrons. The fraction of sp³-hybridized carbons (Fsp3) is 0.280. The zero-order chi connectivity index (χ0) is 21.2. The normalized spacial score (nSPS) is 12.0. The van der Waals surface area contributed by atoms with Crippen LogP contribution in [0.3, 0.4) is 0 Å². The molecule has 29 heavy (non-hydrogen) atoms. The second-order valence-corrected chi connectivity index (χ2v) is 8.19. The number of nitrogens with zero attached hydrogens (tertiary/aromatic N) is 1. The van der Waals surface area contributed by atoms with Gasteiger partial charge >= 0.3 is 0 Å². The van der Waals surface area contributed by atoms with Crippen molar-refractivity contribution in [1.29, 1.82) is 0 Å². The van der Waals surface area contributed by atoms with Gasteiger partial charge in [-0.25, -0.2) is 0 Å². The lowest BCUT2D eigenvalue weighted by Crippen LogP contribution is -2.24. The lowest BCUT2D eigenvalue weighted by Gasteiger charge is -2.34. The van der Waals surface area contributed by atoms with Crippen molar-refractivity contribution in [2.75, 3.05) is 12.0 Å². The first-order valence-corrected chi connectivity index (χ1v) is 9.71. The molecule has 3 aromatic carbocycles. The molecule has 0 aliphatic heterocycles. The van der Waals surface area contributed by atoms with E-state index in [1.54, 1.807) is 34.8 Å². The summed E-state index contributed by atoms with van der Waals surface area (Å²) < 4.78 is 5.32. The van der Waals surface area contributed by atoms with Gasteiger partial charge in [0.15, 0.2) is 0 Å². The lowest BCUT2D eigenvalue weighted by atomic mass is 9.92. The van der Waals surface area contributed by atoms with Gasteiger partial charge in [-0.2, -0.15) is 0 Å². The summed E-state index contributed by atoms with van der Waals surface area (Å²) in [4.78, 5) is 2.07. The molecule has 2 N–H and O–H groups in total. The Morgan fingerprint density at radius 2 is 1.07 bits per heavy atom. The van der Waals surface area contributed by atoms with Crippen molar-refractivity contribution in [1.82, 2.24) is 0 Å². The summed E-state index contributed by atoms with van der Waals surface area (Å²) in [6, 6.07) is 23.3. The molecule has 0 aliphatic rings. The molecular formula is C25H29NO3. The number of para-hydroxylation sites is 2. The highest BCUT2D eigenvalue weighted by atomic mass is 16.5. The van der Waals surface area contributed by atoms with E-state index in [4.69, 9.17) is 4.74 Å². The van der Waals surface area contributed by atoms with Crippen LogP contribution in [0.25, 0.3) is 0 Å². The average Bonchev–Trinajstić information content (AvgIpc) is 2.68. The summed E-state index contributed by atoms with van der Waals surface area (Å²) in [5.41, 5.74) is 2.11. The third-order valence-electron chi connectivity index (χ3n) is 4.94. The third-order valence-corrected chi connectivity index (χ3v) is 4.94. The molecular weight excluding hydrogens is 362 g/mol. The van der Waals surface area contributed by atoms with Gasteiger partial charge in [-0.05, 0) is 64.1 Å². The highest BCUT2D eigenvalue weighted by molar-refractivity contribution is 5.81. The fourth-order valence-corrected chi connectivity index (χ4v) is 3.51. The van der Waals surface area contributed by atoms with Crippen LogP contribution in [-0.4, -0.2) is 17.3 Å². The Kier molecular flexibility index (Phi) is 5.69. The Hall–Kier alpha value is -2.82. The van der Waals surface area contributed by atoms with Gasteiger partial charge < -0.3 is 19.8 Å². The monoisotopic (exact) mass is 391 g/mol. The maximum atomic E-state index is 10.8. The molecule has 0 atom stereocenters. The van der Waals surface area contributed by atoms with Crippen LogP contribution in [0.15, 0.2) is 72.8 Å². The number of hydrogen-bond donors (Lipinski definition) is 2. The molecule has 0 heterocycles. The standard InChI is InChI=1S/C25H29NO3/c1-24(2,27)20-10-6-8-12-22(20)26(18-14-16-19(29-5)17-15-18)23-13-9-7-11-21(23)25(3,4)28/h6-17,27-28H,1-5H3. The van der Waals surface area contributed by atoms with E-state index in [2.05, 4.69) is 4.90 Å². The van der Waals surface area contributed by atoms with Gasteiger partial charge in [-0.3, -0.25) is 0 Å². The van der Waals surface area contributed by atoms with Crippen molar-refractivity contribution in [2.45, 2.75) is 38.9 Å². The number of aliphatic hydroxyl groups is 2. The van der Waals surface area contributed by atoms with Crippen molar-refractivity contribution in [3.8, 4) is 5.75 Å². The summed E-state index contributed by atoms with van der Waals surface area (Å²) in [5.74, 6) is 0.764. The van der Waals surface area contributed by atoms with Crippen LogP contribution in [0.5, 0.6) is 5.75 Å². The van der Waals surface area contributed by atoms with Crippen molar-refractivity contribution in [2.24, 2.45) is 0 Å². The zero-order valence-electron chi connectivity index (χ0n) is 17.7. The summed E-state index contributed by atoms with van der Waals surface area (Å²) in [5, 5.41) is 21.7. The van der Waals surface area contributed by atoms with Crippen LogP contribution >= 0.6 is 0 Å². The van der Waals surface area contributed by atoms with E-state index >= 15 is 0 Å².